The minimum Gasteiger partial charge on any atom is -0.444 e. The Kier molecular flexibility index (Phi) is 2.65. The Morgan fingerprint density at radius 1 is 1.50 bits per heavy atom. The first-order valence-corrected chi connectivity index (χ1v) is 6.08. The summed E-state index contributed by atoms with van der Waals surface area (Å²) in [5.41, 5.74) is 5.68. The Morgan fingerprint density at radius 2 is 2.12 bits per heavy atom. The summed E-state index contributed by atoms with van der Waals surface area (Å²) in [5, 5.41) is 0. The zero-order valence-electron chi connectivity index (χ0n) is 10.5. The van der Waals surface area contributed by atoms with Gasteiger partial charge in [0.05, 0.1) is 0 Å². The van der Waals surface area contributed by atoms with Gasteiger partial charge in [0, 0.05) is 18.1 Å². The SMILES string of the molecule is CC(C)(C)OC(=O)N1CCC1CC1(N)CC1. The van der Waals surface area contributed by atoms with E-state index in [2.05, 4.69) is 0 Å². The van der Waals surface area contributed by atoms with Crippen LogP contribution in [0.25, 0.3) is 0 Å². The van der Waals surface area contributed by atoms with E-state index < -0.39 is 5.60 Å². The van der Waals surface area contributed by atoms with Crippen LogP contribution in [0.5, 0.6) is 0 Å². The van der Waals surface area contributed by atoms with Crippen LogP contribution < -0.4 is 5.73 Å². The van der Waals surface area contributed by atoms with Gasteiger partial charge in [-0.25, -0.2) is 4.79 Å². The van der Waals surface area contributed by atoms with Gasteiger partial charge >= 0.3 is 6.09 Å². The average Bonchev–Trinajstić information content (AvgIpc) is 2.75. The number of likely N-dealkylation sites (tertiary alicyclic amines) is 1. The van der Waals surface area contributed by atoms with Crippen LogP contribution >= 0.6 is 0 Å². The third-order valence-electron chi connectivity index (χ3n) is 3.31. The molecule has 0 spiro atoms. The van der Waals surface area contributed by atoms with Gasteiger partial charge in [0.15, 0.2) is 0 Å². The van der Waals surface area contributed by atoms with Crippen LogP contribution in [0, 0.1) is 0 Å². The van der Waals surface area contributed by atoms with Gasteiger partial charge in [-0.3, -0.25) is 0 Å². The minimum absolute atomic E-state index is 0.0192. The Morgan fingerprint density at radius 3 is 2.50 bits per heavy atom. The summed E-state index contributed by atoms with van der Waals surface area (Å²) in [7, 11) is 0. The standard InChI is InChI=1S/C12H22N2O2/c1-11(2,3)16-10(15)14-7-4-9(14)8-12(13)5-6-12/h9H,4-8,13H2,1-3H3. The Bertz CT molecular complexity index is 292. The molecule has 2 aliphatic rings. The molecule has 1 heterocycles. The quantitative estimate of drug-likeness (QED) is 0.782. The molecule has 2 fully saturated rings. The molecule has 1 aliphatic carbocycles. The summed E-state index contributed by atoms with van der Waals surface area (Å²) in [4.78, 5) is 13.6. The van der Waals surface area contributed by atoms with Gasteiger partial charge in [-0.2, -0.15) is 0 Å². The van der Waals surface area contributed by atoms with Gasteiger partial charge in [0.2, 0.25) is 0 Å². The first kappa shape index (κ1) is 11.7. The molecule has 16 heavy (non-hydrogen) atoms. The van der Waals surface area contributed by atoms with Crippen molar-refractivity contribution in [3.63, 3.8) is 0 Å². The number of carbonyl (C=O) groups is 1. The van der Waals surface area contributed by atoms with Gasteiger partial charge in [-0.05, 0) is 46.5 Å². The van der Waals surface area contributed by atoms with Crippen molar-refractivity contribution in [1.29, 1.82) is 0 Å². The second-order valence-corrected chi connectivity index (χ2v) is 6.18. The number of rotatable bonds is 2. The van der Waals surface area contributed by atoms with Crippen molar-refractivity contribution in [1.82, 2.24) is 4.90 Å². The number of nitrogens with two attached hydrogens (primary N) is 1. The highest BCUT2D eigenvalue weighted by Crippen LogP contribution is 2.40. The summed E-state index contributed by atoms with van der Waals surface area (Å²) in [5.74, 6) is 0. The molecule has 0 aromatic rings. The zero-order chi connectivity index (χ0) is 12.0. The second kappa shape index (κ2) is 3.62. The molecule has 1 atom stereocenters. The van der Waals surface area contributed by atoms with Crippen LogP contribution in [0.4, 0.5) is 4.79 Å². The molecule has 0 bridgehead atoms. The number of ether oxygens (including phenoxy) is 1. The summed E-state index contributed by atoms with van der Waals surface area (Å²) >= 11 is 0. The van der Waals surface area contributed by atoms with Crippen molar-refractivity contribution in [3.05, 3.63) is 0 Å². The molecule has 92 valence electrons. The summed E-state index contributed by atoms with van der Waals surface area (Å²) in [6.45, 7) is 6.50. The van der Waals surface area contributed by atoms with Crippen molar-refractivity contribution < 1.29 is 9.53 Å². The molecular weight excluding hydrogens is 204 g/mol. The molecule has 1 unspecified atom stereocenters. The van der Waals surface area contributed by atoms with Crippen molar-refractivity contribution in [2.45, 2.75) is 63.6 Å². The van der Waals surface area contributed by atoms with Crippen LogP contribution in [-0.4, -0.2) is 34.7 Å². The minimum atomic E-state index is -0.406. The van der Waals surface area contributed by atoms with Gasteiger partial charge in [0.25, 0.3) is 0 Å². The number of nitrogens with zero attached hydrogens (tertiary/aromatic N) is 1. The lowest BCUT2D eigenvalue weighted by Gasteiger charge is -2.42. The predicted molar refractivity (Wildman–Crippen MR) is 62.1 cm³/mol. The topological polar surface area (TPSA) is 55.6 Å². The van der Waals surface area contributed by atoms with Crippen molar-refractivity contribution in [3.8, 4) is 0 Å². The van der Waals surface area contributed by atoms with Gasteiger partial charge in [-0.1, -0.05) is 0 Å². The molecule has 4 heteroatoms. The van der Waals surface area contributed by atoms with E-state index in [0.717, 1.165) is 32.2 Å². The Labute approximate surface area is 97.1 Å². The molecule has 1 amide bonds. The highest BCUT2D eigenvalue weighted by Gasteiger charge is 2.45. The van der Waals surface area contributed by atoms with Crippen LogP contribution in [-0.2, 0) is 4.74 Å². The number of hydrogen-bond donors (Lipinski definition) is 1. The van der Waals surface area contributed by atoms with Gasteiger partial charge < -0.3 is 15.4 Å². The van der Waals surface area contributed by atoms with E-state index in [9.17, 15) is 4.79 Å². The van der Waals surface area contributed by atoms with Gasteiger partial charge in [-0.15, -0.1) is 0 Å². The summed E-state index contributed by atoms with van der Waals surface area (Å²) in [6.07, 6.45) is 4.02. The molecule has 1 saturated heterocycles. The molecule has 0 radical (unpaired) electrons. The maximum Gasteiger partial charge on any atom is 0.410 e. The molecule has 2 rings (SSSR count). The third kappa shape index (κ3) is 2.67. The predicted octanol–water partition coefficient (Wildman–Crippen LogP) is 1.88. The van der Waals surface area contributed by atoms with Crippen molar-refractivity contribution in [2.24, 2.45) is 5.73 Å². The summed E-state index contributed by atoms with van der Waals surface area (Å²) < 4.78 is 5.35. The Hall–Kier alpha value is -0.770. The normalized spacial score (nSPS) is 27.2. The fourth-order valence-corrected chi connectivity index (χ4v) is 2.05. The summed E-state index contributed by atoms with van der Waals surface area (Å²) in [6, 6.07) is 0.308. The first-order valence-electron chi connectivity index (χ1n) is 6.08. The monoisotopic (exact) mass is 226 g/mol. The molecular formula is C12H22N2O2. The third-order valence-corrected chi connectivity index (χ3v) is 3.31. The second-order valence-electron chi connectivity index (χ2n) is 6.18. The lowest BCUT2D eigenvalue weighted by atomic mass is 9.95. The van der Waals surface area contributed by atoms with E-state index >= 15 is 0 Å². The lowest BCUT2D eigenvalue weighted by molar-refractivity contribution is -0.00821. The van der Waals surface area contributed by atoms with E-state index in [4.69, 9.17) is 10.5 Å². The average molecular weight is 226 g/mol. The highest BCUT2D eigenvalue weighted by atomic mass is 16.6. The molecule has 1 saturated carbocycles. The fraction of sp³-hybridized carbons (Fsp3) is 0.917. The zero-order valence-corrected chi connectivity index (χ0v) is 10.5. The first-order chi connectivity index (χ1) is 7.29. The largest absolute Gasteiger partial charge is 0.444 e. The van der Waals surface area contributed by atoms with Crippen molar-refractivity contribution in [2.75, 3.05) is 6.54 Å². The van der Waals surface area contributed by atoms with Crippen LogP contribution in [0.2, 0.25) is 0 Å². The molecule has 1 aliphatic heterocycles. The highest BCUT2D eigenvalue weighted by molar-refractivity contribution is 5.69. The molecule has 4 nitrogen and oxygen atoms in total. The molecule has 0 aromatic carbocycles. The smallest absolute Gasteiger partial charge is 0.410 e. The molecule has 0 aromatic heterocycles. The van der Waals surface area contributed by atoms with Gasteiger partial charge in [0.1, 0.15) is 5.60 Å². The van der Waals surface area contributed by atoms with Crippen LogP contribution in [0.1, 0.15) is 46.5 Å². The van der Waals surface area contributed by atoms with E-state index in [1.807, 2.05) is 25.7 Å². The fourth-order valence-electron chi connectivity index (χ4n) is 2.05. The van der Waals surface area contributed by atoms with E-state index in [1.165, 1.54) is 0 Å². The van der Waals surface area contributed by atoms with E-state index in [0.29, 0.717) is 6.04 Å². The number of amides is 1. The number of carbonyl (C=O) groups excluding carboxylic acids is 1. The Balaban J connectivity index is 1.83. The maximum absolute atomic E-state index is 11.8. The maximum atomic E-state index is 11.8. The molecule has 2 N–H and O–H groups in total. The van der Waals surface area contributed by atoms with Crippen LogP contribution in [0.3, 0.4) is 0 Å². The van der Waals surface area contributed by atoms with E-state index in [1.54, 1.807) is 0 Å². The van der Waals surface area contributed by atoms with Crippen LogP contribution in [0.15, 0.2) is 0 Å². The number of hydrogen-bond acceptors (Lipinski definition) is 3. The van der Waals surface area contributed by atoms with Crippen molar-refractivity contribution >= 4 is 6.09 Å². The van der Waals surface area contributed by atoms with E-state index in [-0.39, 0.29) is 11.6 Å². The lowest BCUT2D eigenvalue weighted by Crippen LogP contribution is -2.54.